The summed E-state index contributed by atoms with van der Waals surface area (Å²) in [7, 11) is 2.39. The van der Waals surface area contributed by atoms with E-state index in [1.807, 2.05) is 0 Å². The molecule has 148 valence electrons. The Hall–Kier alpha value is -0.300. The summed E-state index contributed by atoms with van der Waals surface area (Å²) < 4.78 is 0. The molecule has 0 aromatic carbocycles. The Bertz CT molecular complexity index is 366. The smallest absolute Gasteiger partial charge is 0.0178 e. The summed E-state index contributed by atoms with van der Waals surface area (Å²) >= 11 is 0. The highest BCUT2D eigenvalue weighted by atomic mass is 15.2. The van der Waals surface area contributed by atoms with Crippen LogP contribution in [0.2, 0.25) is 0 Å². The lowest BCUT2D eigenvalue weighted by atomic mass is 9.74. The van der Waals surface area contributed by atoms with Gasteiger partial charge in [0.15, 0.2) is 0 Å². The quantitative estimate of drug-likeness (QED) is 0.337. The lowest BCUT2D eigenvalue weighted by molar-refractivity contribution is 0.0722. The van der Waals surface area contributed by atoms with Crippen molar-refractivity contribution in [1.29, 1.82) is 0 Å². The standard InChI is InChI=1S/C24H47N/c1-9-11-13-20(6)23(10-2)25(8)24(18(3)4)21(7)14-12-15-22-16-19(5)17-22/h12,14,18-24H,9-11,13,15-17H2,1-8H3. The Labute approximate surface area is 159 Å². The predicted octanol–water partition coefficient (Wildman–Crippen LogP) is 7.18. The molecule has 0 bridgehead atoms. The van der Waals surface area contributed by atoms with Crippen molar-refractivity contribution in [3.05, 3.63) is 12.2 Å². The van der Waals surface area contributed by atoms with Crippen LogP contribution >= 0.6 is 0 Å². The van der Waals surface area contributed by atoms with Crippen LogP contribution in [-0.2, 0) is 0 Å². The average Bonchev–Trinajstić information content (AvgIpc) is 2.51. The fraction of sp³-hybridized carbons (Fsp3) is 0.917. The van der Waals surface area contributed by atoms with Gasteiger partial charge < -0.3 is 0 Å². The number of rotatable bonds is 12. The molecule has 1 nitrogen and oxygen atoms in total. The maximum atomic E-state index is 2.73. The molecule has 0 heterocycles. The van der Waals surface area contributed by atoms with Gasteiger partial charge in [-0.25, -0.2) is 0 Å². The molecule has 0 saturated heterocycles. The number of unbranched alkanes of at least 4 members (excludes halogenated alkanes) is 1. The Balaban J connectivity index is 2.66. The molecule has 1 aliphatic carbocycles. The Kier molecular flexibility index (Phi) is 10.4. The van der Waals surface area contributed by atoms with Crippen LogP contribution in [0.5, 0.6) is 0 Å². The van der Waals surface area contributed by atoms with Crippen molar-refractivity contribution in [2.75, 3.05) is 7.05 Å². The highest BCUT2D eigenvalue weighted by molar-refractivity contribution is 4.97. The first-order chi connectivity index (χ1) is 11.8. The second-order valence-electron chi connectivity index (χ2n) is 9.46. The summed E-state index contributed by atoms with van der Waals surface area (Å²) in [6.07, 6.45) is 14.5. The minimum Gasteiger partial charge on any atom is -0.299 e. The van der Waals surface area contributed by atoms with Gasteiger partial charge >= 0.3 is 0 Å². The van der Waals surface area contributed by atoms with Crippen LogP contribution in [-0.4, -0.2) is 24.0 Å². The van der Waals surface area contributed by atoms with E-state index in [0.29, 0.717) is 23.9 Å². The van der Waals surface area contributed by atoms with Gasteiger partial charge in [-0.15, -0.1) is 0 Å². The summed E-state index contributed by atoms with van der Waals surface area (Å²) in [5.74, 6) is 4.06. The van der Waals surface area contributed by atoms with E-state index < -0.39 is 0 Å². The molecule has 1 fully saturated rings. The molecule has 1 aliphatic rings. The van der Waals surface area contributed by atoms with E-state index in [9.17, 15) is 0 Å². The Morgan fingerprint density at radius 3 is 2.20 bits per heavy atom. The lowest BCUT2D eigenvalue weighted by Gasteiger charge is -2.42. The van der Waals surface area contributed by atoms with Crippen LogP contribution in [0.15, 0.2) is 12.2 Å². The van der Waals surface area contributed by atoms with E-state index in [2.05, 4.69) is 72.6 Å². The van der Waals surface area contributed by atoms with Crippen LogP contribution in [0.1, 0.15) is 93.4 Å². The van der Waals surface area contributed by atoms with Crippen molar-refractivity contribution in [2.24, 2.45) is 29.6 Å². The SMILES string of the molecule is CCCCC(C)C(CC)N(C)C(C(C)C)C(C)C=CCC1CC(C)C1. The van der Waals surface area contributed by atoms with Gasteiger partial charge in [0.25, 0.3) is 0 Å². The van der Waals surface area contributed by atoms with Crippen molar-refractivity contribution in [1.82, 2.24) is 4.90 Å². The summed E-state index contributed by atoms with van der Waals surface area (Å²) in [5.41, 5.74) is 0. The zero-order valence-electron chi connectivity index (χ0n) is 18.6. The third-order valence-electron chi connectivity index (χ3n) is 6.68. The maximum absolute atomic E-state index is 2.73. The summed E-state index contributed by atoms with van der Waals surface area (Å²) in [4.78, 5) is 2.73. The largest absolute Gasteiger partial charge is 0.299 e. The van der Waals surface area contributed by atoms with Gasteiger partial charge in [-0.1, -0.05) is 73.5 Å². The van der Waals surface area contributed by atoms with E-state index in [1.165, 1.54) is 44.9 Å². The van der Waals surface area contributed by atoms with Crippen LogP contribution in [0, 0.1) is 29.6 Å². The molecule has 0 radical (unpaired) electrons. The fourth-order valence-corrected chi connectivity index (χ4v) is 5.34. The number of nitrogens with zero attached hydrogens (tertiary/aromatic N) is 1. The number of hydrogen-bond acceptors (Lipinski definition) is 1. The first-order valence-electron chi connectivity index (χ1n) is 11.2. The third-order valence-corrected chi connectivity index (χ3v) is 6.68. The van der Waals surface area contributed by atoms with Crippen molar-refractivity contribution in [3.63, 3.8) is 0 Å². The molecule has 25 heavy (non-hydrogen) atoms. The number of hydrogen-bond donors (Lipinski definition) is 0. The highest BCUT2D eigenvalue weighted by Crippen LogP contribution is 2.36. The van der Waals surface area contributed by atoms with Gasteiger partial charge in [-0.05, 0) is 68.7 Å². The first kappa shape index (κ1) is 22.7. The van der Waals surface area contributed by atoms with Gasteiger partial charge in [0.1, 0.15) is 0 Å². The third kappa shape index (κ3) is 7.08. The van der Waals surface area contributed by atoms with Crippen molar-refractivity contribution in [3.8, 4) is 0 Å². The molecule has 0 aliphatic heterocycles. The van der Waals surface area contributed by atoms with Gasteiger partial charge in [0.05, 0.1) is 0 Å². The molecule has 4 atom stereocenters. The minimum absolute atomic E-state index is 0.634. The Morgan fingerprint density at radius 2 is 1.72 bits per heavy atom. The molecule has 1 rings (SSSR count). The van der Waals surface area contributed by atoms with E-state index >= 15 is 0 Å². The summed E-state index contributed by atoms with van der Waals surface area (Å²) in [5, 5.41) is 0. The molecular formula is C24H47N. The van der Waals surface area contributed by atoms with Crippen LogP contribution in [0.25, 0.3) is 0 Å². The Morgan fingerprint density at radius 1 is 1.08 bits per heavy atom. The molecule has 0 aromatic heterocycles. The first-order valence-corrected chi connectivity index (χ1v) is 11.2. The van der Waals surface area contributed by atoms with Crippen molar-refractivity contribution in [2.45, 2.75) is 105 Å². The summed E-state index contributed by atoms with van der Waals surface area (Å²) in [6, 6.07) is 1.35. The highest BCUT2D eigenvalue weighted by Gasteiger charge is 2.30. The van der Waals surface area contributed by atoms with E-state index in [1.54, 1.807) is 0 Å². The second-order valence-corrected chi connectivity index (χ2v) is 9.46. The van der Waals surface area contributed by atoms with Gasteiger partial charge in [0.2, 0.25) is 0 Å². The van der Waals surface area contributed by atoms with Crippen LogP contribution < -0.4 is 0 Å². The van der Waals surface area contributed by atoms with Crippen molar-refractivity contribution >= 4 is 0 Å². The zero-order valence-corrected chi connectivity index (χ0v) is 18.6. The molecule has 0 amide bonds. The van der Waals surface area contributed by atoms with Gasteiger partial charge in [-0.3, -0.25) is 4.90 Å². The fourth-order valence-electron chi connectivity index (χ4n) is 5.34. The van der Waals surface area contributed by atoms with E-state index in [4.69, 9.17) is 0 Å². The van der Waals surface area contributed by atoms with Gasteiger partial charge in [-0.2, -0.15) is 0 Å². The summed E-state index contributed by atoms with van der Waals surface area (Å²) in [6.45, 7) is 16.8. The minimum atomic E-state index is 0.634. The predicted molar refractivity (Wildman–Crippen MR) is 114 cm³/mol. The van der Waals surface area contributed by atoms with Crippen molar-refractivity contribution < 1.29 is 0 Å². The molecule has 0 spiro atoms. The maximum Gasteiger partial charge on any atom is 0.0178 e. The monoisotopic (exact) mass is 349 g/mol. The molecule has 0 aromatic rings. The topological polar surface area (TPSA) is 3.24 Å². The molecular weight excluding hydrogens is 302 g/mol. The molecule has 4 unspecified atom stereocenters. The molecule has 1 saturated carbocycles. The van der Waals surface area contributed by atoms with E-state index in [0.717, 1.165) is 17.8 Å². The second kappa shape index (κ2) is 11.4. The molecule has 1 heteroatoms. The number of allylic oxidation sites excluding steroid dienone is 1. The zero-order chi connectivity index (χ0) is 19.0. The van der Waals surface area contributed by atoms with E-state index in [-0.39, 0.29) is 0 Å². The molecule has 0 N–H and O–H groups in total. The lowest BCUT2D eigenvalue weighted by Crippen LogP contribution is -2.48. The normalized spacial score (nSPS) is 26.0. The van der Waals surface area contributed by atoms with Crippen LogP contribution in [0.3, 0.4) is 0 Å². The average molecular weight is 350 g/mol. The van der Waals surface area contributed by atoms with Gasteiger partial charge in [0, 0.05) is 12.1 Å². The van der Waals surface area contributed by atoms with Crippen LogP contribution in [0.4, 0.5) is 0 Å².